The number of aromatic nitrogens is 3. The van der Waals surface area contributed by atoms with Gasteiger partial charge in [0.2, 0.25) is 5.91 Å². The van der Waals surface area contributed by atoms with Crippen LogP contribution >= 0.6 is 11.3 Å². The van der Waals surface area contributed by atoms with E-state index in [9.17, 15) is 22.8 Å². The lowest BCUT2D eigenvalue weighted by Crippen LogP contribution is -2.19. The molecule has 0 atom stereocenters. The molecule has 0 saturated heterocycles. The van der Waals surface area contributed by atoms with Crippen LogP contribution in [0.2, 0.25) is 0 Å². The van der Waals surface area contributed by atoms with E-state index in [1.165, 1.54) is 6.07 Å². The quantitative estimate of drug-likeness (QED) is 0.891. The summed E-state index contributed by atoms with van der Waals surface area (Å²) in [4.78, 5) is 26.2. The Bertz CT molecular complexity index is 722. The minimum absolute atomic E-state index is 0.0490. The second kappa shape index (κ2) is 5.75. The van der Waals surface area contributed by atoms with E-state index >= 15 is 0 Å². The number of aryl methyl sites for hydroxylation is 1. The topological polar surface area (TPSA) is 97.1 Å². The highest BCUT2D eigenvalue weighted by Crippen LogP contribution is 2.27. The number of carbonyl (C=O) groups is 2. The lowest BCUT2D eigenvalue weighted by Gasteiger charge is -2.04. The molecule has 0 fully saturated rings. The molecule has 0 bridgehead atoms. The molecule has 2 aromatic heterocycles. The first-order chi connectivity index (χ1) is 10.2. The molecule has 0 radical (unpaired) electrons. The number of carbonyl (C=O) groups excluding carboxylic acids is 1. The molecule has 118 valence electrons. The fraction of sp³-hybridized carbons (Fsp3) is 0.273. The Hall–Kier alpha value is -2.43. The number of nitrogens with zero attached hydrogens (tertiary/aromatic N) is 3. The Kier molecular flexibility index (Phi) is 4.17. The Morgan fingerprint density at radius 2 is 2.14 bits per heavy atom. The molecule has 0 aliphatic carbocycles. The van der Waals surface area contributed by atoms with Gasteiger partial charge in [0.15, 0.2) is 0 Å². The van der Waals surface area contributed by atoms with Crippen molar-refractivity contribution in [2.45, 2.75) is 19.6 Å². The highest BCUT2D eigenvalue weighted by molar-refractivity contribution is 7.14. The molecule has 0 aliphatic heterocycles. The molecule has 11 heteroatoms. The van der Waals surface area contributed by atoms with Gasteiger partial charge >= 0.3 is 12.1 Å². The van der Waals surface area contributed by atoms with E-state index in [-0.39, 0.29) is 4.88 Å². The molecule has 2 aromatic rings. The smallest absolute Gasteiger partial charge is 0.453 e. The van der Waals surface area contributed by atoms with Gasteiger partial charge in [0.1, 0.15) is 17.7 Å². The van der Waals surface area contributed by atoms with Crippen LogP contribution < -0.4 is 5.32 Å². The number of alkyl halides is 3. The van der Waals surface area contributed by atoms with E-state index < -0.39 is 30.4 Å². The van der Waals surface area contributed by atoms with E-state index in [0.29, 0.717) is 10.6 Å². The second-order valence-electron chi connectivity index (χ2n) is 4.20. The van der Waals surface area contributed by atoms with Gasteiger partial charge in [-0.2, -0.15) is 13.2 Å². The van der Waals surface area contributed by atoms with Crippen LogP contribution in [-0.4, -0.2) is 31.7 Å². The summed E-state index contributed by atoms with van der Waals surface area (Å²) < 4.78 is 37.7. The van der Waals surface area contributed by atoms with Gasteiger partial charge in [-0.1, -0.05) is 0 Å². The Morgan fingerprint density at radius 3 is 2.64 bits per heavy atom. The Balaban J connectivity index is 2.04. The van der Waals surface area contributed by atoms with Crippen LogP contribution in [0.15, 0.2) is 12.4 Å². The number of thiophene rings is 1. The number of hydrogen-bond acceptors (Lipinski definition) is 5. The highest BCUT2D eigenvalue weighted by atomic mass is 32.1. The number of amides is 1. The number of carboxylic acid groups (broad SMARTS) is 1. The van der Waals surface area contributed by atoms with Crippen LogP contribution in [0.5, 0.6) is 0 Å². The van der Waals surface area contributed by atoms with Gasteiger partial charge in [-0.3, -0.25) is 4.79 Å². The third kappa shape index (κ3) is 3.61. The fourth-order valence-electron chi connectivity index (χ4n) is 1.55. The van der Waals surface area contributed by atoms with Gasteiger partial charge in [0.05, 0.1) is 5.69 Å². The second-order valence-corrected chi connectivity index (χ2v) is 5.45. The maximum Gasteiger partial charge on any atom is 0.453 e. The zero-order valence-corrected chi connectivity index (χ0v) is 11.8. The summed E-state index contributed by atoms with van der Waals surface area (Å²) in [5.41, 5.74) is 0.295. The number of aromatic carboxylic acids is 1. The lowest BCUT2D eigenvalue weighted by atomic mass is 10.3. The van der Waals surface area contributed by atoms with Gasteiger partial charge < -0.3 is 10.4 Å². The van der Waals surface area contributed by atoms with Crippen molar-refractivity contribution in [3.8, 4) is 0 Å². The van der Waals surface area contributed by atoms with Crippen LogP contribution in [-0.2, 0) is 17.5 Å². The monoisotopic (exact) mass is 334 g/mol. The molecule has 2 N–H and O–H groups in total. The van der Waals surface area contributed by atoms with Crippen molar-refractivity contribution in [1.29, 1.82) is 0 Å². The Labute approximate surface area is 125 Å². The third-order valence-corrected chi connectivity index (χ3v) is 3.54. The van der Waals surface area contributed by atoms with Crippen molar-refractivity contribution in [2.75, 3.05) is 5.32 Å². The molecule has 22 heavy (non-hydrogen) atoms. The highest BCUT2D eigenvalue weighted by Gasteiger charge is 2.35. The van der Waals surface area contributed by atoms with Crippen molar-refractivity contribution in [3.63, 3.8) is 0 Å². The summed E-state index contributed by atoms with van der Waals surface area (Å²) in [6.07, 6.45) is -3.88. The predicted octanol–water partition coefficient (Wildman–Crippen LogP) is 2.00. The molecule has 7 nitrogen and oxygen atoms in total. The van der Waals surface area contributed by atoms with Gasteiger partial charge in [-0.05, 0) is 13.0 Å². The van der Waals surface area contributed by atoms with Gasteiger partial charge in [-0.15, -0.1) is 16.4 Å². The molecular formula is C11H9F3N4O3S. The Morgan fingerprint density at radius 1 is 1.45 bits per heavy atom. The van der Waals surface area contributed by atoms with Crippen molar-refractivity contribution in [3.05, 3.63) is 28.0 Å². The van der Waals surface area contributed by atoms with E-state index in [1.54, 1.807) is 6.92 Å². The van der Waals surface area contributed by atoms with E-state index in [1.807, 2.05) is 0 Å². The molecule has 0 spiro atoms. The zero-order chi connectivity index (χ0) is 16.5. The van der Waals surface area contributed by atoms with Crippen LogP contribution in [0.25, 0.3) is 0 Å². The first-order valence-corrected chi connectivity index (χ1v) is 6.58. The SMILES string of the molecule is Cc1sc(C(=O)O)cc1NC(=O)Cn1cnc(C(F)(F)F)n1. The van der Waals surface area contributed by atoms with Crippen molar-refractivity contribution >= 4 is 28.9 Å². The van der Waals surface area contributed by atoms with E-state index in [4.69, 9.17) is 5.11 Å². The summed E-state index contributed by atoms with van der Waals surface area (Å²) in [6, 6.07) is 1.28. The van der Waals surface area contributed by atoms with Crippen LogP contribution in [0.3, 0.4) is 0 Å². The molecule has 0 saturated carbocycles. The fourth-order valence-corrected chi connectivity index (χ4v) is 2.36. The van der Waals surface area contributed by atoms with E-state index in [2.05, 4.69) is 15.4 Å². The van der Waals surface area contributed by atoms with Gasteiger partial charge in [-0.25, -0.2) is 14.5 Å². The van der Waals surface area contributed by atoms with E-state index in [0.717, 1.165) is 22.3 Å². The minimum atomic E-state index is -4.68. The average Bonchev–Trinajstić information content (AvgIpc) is 2.97. The van der Waals surface area contributed by atoms with Crippen molar-refractivity contribution in [1.82, 2.24) is 14.8 Å². The summed E-state index contributed by atoms with van der Waals surface area (Å²) in [7, 11) is 0. The van der Waals surface area contributed by atoms with Crippen molar-refractivity contribution < 1.29 is 27.9 Å². The first-order valence-electron chi connectivity index (χ1n) is 5.77. The van der Waals surface area contributed by atoms with Crippen LogP contribution in [0.1, 0.15) is 20.4 Å². The number of rotatable bonds is 4. The number of hydrogen-bond donors (Lipinski definition) is 2. The average molecular weight is 334 g/mol. The number of nitrogens with one attached hydrogen (secondary N) is 1. The standard InChI is InChI=1S/C11H9F3N4O3S/c1-5-6(2-7(22-5)9(20)21)16-8(19)3-18-4-15-10(17-18)11(12,13)14/h2,4H,3H2,1H3,(H,16,19)(H,20,21). The van der Waals surface area contributed by atoms with Crippen molar-refractivity contribution in [2.24, 2.45) is 0 Å². The summed E-state index contributed by atoms with van der Waals surface area (Å²) in [5, 5.41) is 14.4. The lowest BCUT2D eigenvalue weighted by molar-refractivity contribution is -0.145. The maximum absolute atomic E-state index is 12.3. The minimum Gasteiger partial charge on any atom is -0.477 e. The molecule has 1 amide bonds. The number of anilines is 1. The number of carboxylic acids is 1. The molecule has 2 rings (SSSR count). The first kappa shape index (κ1) is 15.9. The molecule has 2 heterocycles. The molecule has 0 unspecified atom stereocenters. The van der Waals surface area contributed by atoms with Gasteiger partial charge in [0, 0.05) is 4.88 Å². The summed E-state index contributed by atoms with van der Waals surface area (Å²) in [5.74, 6) is -3.10. The summed E-state index contributed by atoms with van der Waals surface area (Å²) in [6.45, 7) is 1.14. The summed E-state index contributed by atoms with van der Waals surface area (Å²) >= 11 is 0.980. The normalized spacial score (nSPS) is 11.5. The third-order valence-electron chi connectivity index (χ3n) is 2.50. The zero-order valence-electron chi connectivity index (χ0n) is 11.0. The molecule has 0 aromatic carbocycles. The van der Waals surface area contributed by atoms with Crippen LogP contribution in [0.4, 0.5) is 18.9 Å². The molecular weight excluding hydrogens is 325 g/mol. The number of halogens is 3. The largest absolute Gasteiger partial charge is 0.477 e. The van der Waals surface area contributed by atoms with Crippen LogP contribution in [0, 0.1) is 6.92 Å². The van der Waals surface area contributed by atoms with Gasteiger partial charge in [0.25, 0.3) is 5.82 Å². The predicted molar refractivity (Wildman–Crippen MR) is 69.7 cm³/mol. The molecule has 0 aliphatic rings. The maximum atomic E-state index is 12.3.